The first kappa shape index (κ1) is 18.9. The van der Waals surface area contributed by atoms with Crippen LogP contribution in [-0.2, 0) is 11.3 Å². The van der Waals surface area contributed by atoms with Gasteiger partial charge in [0.1, 0.15) is 25.6 Å². The van der Waals surface area contributed by atoms with Crippen LogP contribution in [0.4, 0.5) is 10.1 Å². The van der Waals surface area contributed by atoms with Gasteiger partial charge in [0.2, 0.25) is 5.91 Å². The molecule has 2 aromatic heterocycles. The van der Waals surface area contributed by atoms with Crippen LogP contribution in [0.25, 0.3) is 16.9 Å². The van der Waals surface area contributed by atoms with E-state index in [1.54, 1.807) is 36.5 Å². The predicted molar refractivity (Wildman–Crippen MR) is 111 cm³/mol. The highest BCUT2D eigenvalue weighted by molar-refractivity contribution is 5.92. The van der Waals surface area contributed by atoms with Gasteiger partial charge in [0.05, 0.1) is 11.2 Å². The smallest absolute Gasteiger partial charge is 0.335 e. The van der Waals surface area contributed by atoms with Gasteiger partial charge in [0.15, 0.2) is 17.1 Å². The maximum atomic E-state index is 13.3. The molecule has 31 heavy (non-hydrogen) atoms. The molecule has 8 nitrogen and oxygen atoms in total. The van der Waals surface area contributed by atoms with Gasteiger partial charge in [-0.05, 0) is 48.5 Å². The van der Waals surface area contributed by atoms with Gasteiger partial charge in [0, 0.05) is 18.0 Å². The molecule has 5 rings (SSSR count). The van der Waals surface area contributed by atoms with E-state index in [2.05, 4.69) is 10.3 Å². The third kappa shape index (κ3) is 3.50. The molecule has 1 aliphatic rings. The summed E-state index contributed by atoms with van der Waals surface area (Å²) in [6.07, 6.45) is 1.56. The Bertz CT molecular complexity index is 1340. The highest BCUT2D eigenvalue weighted by Crippen LogP contribution is 2.32. The van der Waals surface area contributed by atoms with Crippen molar-refractivity contribution in [3.05, 3.63) is 77.1 Å². The van der Waals surface area contributed by atoms with E-state index in [-0.39, 0.29) is 12.5 Å². The van der Waals surface area contributed by atoms with E-state index in [4.69, 9.17) is 9.47 Å². The maximum absolute atomic E-state index is 13.3. The molecule has 3 heterocycles. The van der Waals surface area contributed by atoms with Crippen molar-refractivity contribution in [3.8, 4) is 17.2 Å². The molecule has 1 N–H and O–H groups in total. The van der Waals surface area contributed by atoms with Crippen LogP contribution in [-0.4, -0.2) is 33.2 Å². The number of amides is 1. The molecule has 156 valence electrons. The van der Waals surface area contributed by atoms with Gasteiger partial charge in [-0.15, -0.1) is 0 Å². The second kappa shape index (κ2) is 7.60. The Morgan fingerprint density at radius 2 is 1.84 bits per heavy atom. The summed E-state index contributed by atoms with van der Waals surface area (Å²) < 4.78 is 27.0. The zero-order chi connectivity index (χ0) is 21.4. The molecule has 0 saturated heterocycles. The van der Waals surface area contributed by atoms with E-state index < -0.39 is 11.5 Å². The van der Waals surface area contributed by atoms with Gasteiger partial charge in [-0.25, -0.2) is 18.7 Å². The monoisotopic (exact) mass is 420 g/mol. The number of imidazole rings is 1. The number of ether oxygens (including phenoxy) is 2. The quantitative estimate of drug-likeness (QED) is 0.549. The standard InChI is InChI=1S/C22H17FN4O4/c23-14-3-6-16(7-4-14)27-21-17(2-1-9-24-21)26(22(27)29)13-20(28)25-15-5-8-18-19(12-15)31-11-10-30-18/h1-9,12H,10-11,13H2,(H,25,28). The van der Waals surface area contributed by atoms with Crippen molar-refractivity contribution in [2.45, 2.75) is 6.54 Å². The largest absolute Gasteiger partial charge is 0.486 e. The second-order valence-electron chi connectivity index (χ2n) is 6.93. The number of benzene rings is 2. The highest BCUT2D eigenvalue weighted by Gasteiger charge is 2.18. The normalized spacial score (nSPS) is 12.7. The van der Waals surface area contributed by atoms with Crippen LogP contribution in [0.2, 0.25) is 0 Å². The molecule has 2 aromatic carbocycles. The van der Waals surface area contributed by atoms with E-state index in [0.717, 1.165) is 0 Å². The Kier molecular flexibility index (Phi) is 4.62. The Labute approximate surface area is 175 Å². The molecule has 0 aliphatic carbocycles. The van der Waals surface area contributed by atoms with Crippen molar-refractivity contribution < 1.29 is 18.7 Å². The molecule has 0 saturated carbocycles. The number of nitrogens with zero attached hydrogens (tertiary/aromatic N) is 3. The van der Waals surface area contributed by atoms with Crippen LogP contribution in [0.1, 0.15) is 0 Å². The summed E-state index contributed by atoms with van der Waals surface area (Å²) in [7, 11) is 0. The van der Waals surface area contributed by atoms with Crippen LogP contribution in [0.3, 0.4) is 0 Å². The molecule has 0 unspecified atom stereocenters. The number of rotatable bonds is 4. The molecule has 0 bridgehead atoms. The Morgan fingerprint density at radius 1 is 1.06 bits per heavy atom. The minimum atomic E-state index is -0.447. The topological polar surface area (TPSA) is 87.4 Å². The molecular weight excluding hydrogens is 403 g/mol. The summed E-state index contributed by atoms with van der Waals surface area (Å²) in [5.74, 6) is 0.375. The second-order valence-corrected chi connectivity index (χ2v) is 6.93. The fourth-order valence-electron chi connectivity index (χ4n) is 3.53. The van der Waals surface area contributed by atoms with Crippen molar-refractivity contribution in [2.75, 3.05) is 18.5 Å². The van der Waals surface area contributed by atoms with Crippen LogP contribution in [0, 0.1) is 5.82 Å². The third-order valence-electron chi connectivity index (χ3n) is 4.90. The average Bonchev–Trinajstić information content (AvgIpc) is 3.06. The summed E-state index contributed by atoms with van der Waals surface area (Å²) in [6, 6.07) is 14.0. The summed E-state index contributed by atoms with van der Waals surface area (Å²) >= 11 is 0. The first-order chi connectivity index (χ1) is 15.1. The van der Waals surface area contributed by atoms with Gasteiger partial charge >= 0.3 is 5.69 Å². The van der Waals surface area contributed by atoms with Crippen LogP contribution < -0.4 is 20.5 Å². The molecule has 0 fully saturated rings. The van der Waals surface area contributed by atoms with Crippen molar-refractivity contribution in [1.82, 2.24) is 14.1 Å². The van der Waals surface area contributed by atoms with Crippen molar-refractivity contribution in [3.63, 3.8) is 0 Å². The number of hydrogen-bond donors (Lipinski definition) is 1. The number of hydrogen-bond acceptors (Lipinski definition) is 5. The average molecular weight is 420 g/mol. The lowest BCUT2D eigenvalue weighted by atomic mass is 10.2. The van der Waals surface area contributed by atoms with Crippen LogP contribution in [0.5, 0.6) is 11.5 Å². The van der Waals surface area contributed by atoms with Crippen molar-refractivity contribution in [2.24, 2.45) is 0 Å². The fourth-order valence-corrected chi connectivity index (χ4v) is 3.53. The minimum Gasteiger partial charge on any atom is -0.486 e. The van der Waals surface area contributed by atoms with E-state index in [1.165, 1.54) is 33.4 Å². The molecule has 0 atom stereocenters. The zero-order valence-corrected chi connectivity index (χ0v) is 16.2. The summed E-state index contributed by atoms with van der Waals surface area (Å²) in [4.78, 5) is 30.1. The molecule has 1 aliphatic heterocycles. The minimum absolute atomic E-state index is 0.219. The first-order valence-corrected chi connectivity index (χ1v) is 9.62. The number of fused-ring (bicyclic) bond motifs is 2. The molecule has 4 aromatic rings. The number of anilines is 1. The Balaban J connectivity index is 1.47. The van der Waals surface area contributed by atoms with Crippen LogP contribution in [0.15, 0.2) is 65.6 Å². The Morgan fingerprint density at radius 3 is 2.65 bits per heavy atom. The number of pyridine rings is 1. The van der Waals surface area contributed by atoms with Crippen LogP contribution >= 0.6 is 0 Å². The number of carbonyl (C=O) groups excluding carboxylic acids is 1. The number of nitrogens with one attached hydrogen (secondary N) is 1. The Hall–Kier alpha value is -4.14. The molecule has 0 spiro atoms. The van der Waals surface area contributed by atoms with E-state index in [0.29, 0.717) is 47.3 Å². The maximum Gasteiger partial charge on any atom is 0.335 e. The SMILES string of the molecule is O=C(Cn1c(=O)n(-c2ccc(F)cc2)c2ncccc21)Nc1ccc2c(c1)OCCO2. The van der Waals surface area contributed by atoms with Gasteiger partial charge in [-0.2, -0.15) is 0 Å². The lowest BCUT2D eigenvalue weighted by Crippen LogP contribution is -2.29. The van der Waals surface area contributed by atoms with Gasteiger partial charge < -0.3 is 14.8 Å². The van der Waals surface area contributed by atoms with Crippen molar-refractivity contribution >= 4 is 22.8 Å². The molecule has 9 heteroatoms. The summed E-state index contributed by atoms with van der Waals surface area (Å²) in [5, 5.41) is 2.78. The number of carbonyl (C=O) groups is 1. The van der Waals surface area contributed by atoms with Gasteiger partial charge in [-0.3, -0.25) is 9.36 Å². The fraction of sp³-hybridized carbons (Fsp3) is 0.136. The van der Waals surface area contributed by atoms with E-state index in [9.17, 15) is 14.0 Å². The van der Waals surface area contributed by atoms with E-state index in [1.807, 2.05) is 0 Å². The van der Waals surface area contributed by atoms with Crippen molar-refractivity contribution in [1.29, 1.82) is 0 Å². The van der Waals surface area contributed by atoms with Gasteiger partial charge in [-0.1, -0.05) is 0 Å². The molecular formula is C22H17FN4O4. The first-order valence-electron chi connectivity index (χ1n) is 9.62. The third-order valence-corrected chi connectivity index (χ3v) is 4.90. The molecule has 0 radical (unpaired) electrons. The number of halogens is 1. The predicted octanol–water partition coefficient (Wildman–Crippen LogP) is 2.74. The number of aromatic nitrogens is 3. The van der Waals surface area contributed by atoms with E-state index >= 15 is 0 Å². The highest BCUT2D eigenvalue weighted by atomic mass is 19.1. The lowest BCUT2D eigenvalue weighted by Gasteiger charge is -2.19. The zero-order valence-electron chi connectivity index (χ0n) is 16.2. The summed E-state index contributed by atoms with van der Waals surface area (Å²) in [5.41, 5.74) is 1.42. The molecule has 1 amide bonds. The summed E-state index contributed by atoms with van der Waals surface area (Å²) in [6.45, 7) is 0.702. The van der Waals surface area contributed by atoms with Gasteiger partial charge in [0.25, 0.3) is 0 Å². The lowest BCUT2D eigenvalue weighted by molar-refractivity contribution is -0.116.